The Hall–Kier alpha value is -0.610. The maximum atomic E-state index is 12.5. The molecule has 0 aromatic heterocycles. The molecule has 106 valence electrons. The summed E-state index contributed by atoms with van der Waals surface area (Å²) in [4.78, 5) is 16.8. The van der Waals surface area contributed by atoms with Gasteiger partial charge < -0.3 is 10.2 Å². The van der Waals surface area contributed by atoms with E-state index in [4.69, 9.17) is 0 Å². The van der Waals surface area contributed by atoms with Crippen LogP contribution in [0.1, 0.15) is 40.5 Å². The lowest BCUT2D eigenvalue weighted by molar-refractivity contribution is -0.136. The Morgan fingerprint density at radius 2 is 2.11 bits per heavy atom. The van der Waals surface area contributed by atoms with E-state index >= 15 is 0 Å². The Kier molecular flexibility index (Phi) is 5.17. The maximum Gasteiger partial charge on any atom is 0.241 e. The molecule has 2 atom stereocenters. The zero-order valence-electron chi connectivity index (χ0n) is 12.8. The first-order chi connectivity index (χ1) is 8.35. The number of carbonyl (C=O) groups excluding carboxylic acids is 1. The van der Waals surface area contributed by atoms with Crippen molar-refractivity contribution in [1.82, 2.24) is 15.1 Å². The predicted molar refractivity (Wildman–Crippen MR) is 75.6 cm³/mol. The zero-order chi connectivity index (χ0) is 13.9. The summed E-state index contributed by atoms with van der Waals surface area (Å²) in [6, 6.07) is 0.376. The van der Waals surface area contributed by atoms with Crippen LogP contribution in [0.25, 0.3) is 0 Å². The number of hydrogen-bond donors (Lipinski definition) is 1. The van der Waals surface area contributed by atoms with Crippen LogP contribution < -0.4 is 5.32 Å². The highest BCUT2D eigenvalue weighted by Gasteiger charge is 2.42. The second kappa shape index (κ2) is 6.02. The number of likely N-dealkylation sites (N-methyl/N-ethyl adjacent to an activating group) is 2. The third kappa shape index (κ3) is 3.04. The molecule has 0 bridgehead atoms. The topological polar surface area (TPSA) is 35.6 Å². The van der Waals surface area contributed by atoms with Crippen molar-refractivity contribution in [3.8, 4) is 0 Å². The van der Waals surface area contributed by atoms with Crippen molar-refractivity contribution in [2.45, 2.75) is 58.2 Å². The van der Waals surface area contributed by atoms with Crippen LogP contribution >= 0.6 is 0 Å². The number of carbonyl (C=O) groups is 1. The fourth-order valence-corrected chi connectivity index (χ4v) is 2.96. The molecular formula is C14H29N3O. The lowest BCUT2D eigenvalue weighted by Crippen LogP contribution is -2.59. The SMILES string of the molecule is CCC(C)N1C(CNC)C(=O)N(C)CCC1(C)C. The van der Waals surface area contributed by atoms with E-state index in [2.05, 4.69) is 37.9 Å². The van der Waals surface area contributed by atoms with Crippen LogP contribution in [0.5, 0.6) is 0 Å². The first-order valence-electron chi connectivity index (χ1n) is 7.03. The van der Waals surface area contributed by atoms with E-state index in [1.165, 1.54) is 0 Å². The summed E-state index contributed by atoms with van der Waals surface area (Å²) in [7, 11) is 3.83. The van der Waals surface area contributed by atoms with Crippen molar-refractivity contribution in [2.75, 3.05) is 27.2 Å². The van der Waals surface area contributed by atoms with Crippen LogP contribution in [0.15, 0.2) is 0 Å². The van der Waals surface area contributed by atoms with Crippen LogP contribution in [0.3, 0.4) is 0 Å². The lowest BCUT2D eigenvalue weighted by Gasteiger charge is -2.44. The molecule has 0 spiro atoms. The maximum absolute atomic E-state index is 12.5. The molecule has 1 rings (SSSR count). The number of amides is 1. The average Bonchev–Trinajstić information content (AvgIpc) is 2.40. The van der Waals surface area contributed by atoms with Gasteiger partial charge in [-0.15, -0.1) is 0 Å². The van der Waals surface area contributed by atoms with Gasteiger partial charge in [0.2, 0.25) is 5.91 Å². The smallest absolute Gasteiger partial charge is 0.241 e. The van der Waals surface area contributed by atoms with Gasteiger partial charge >= 0.3 is 0 Å². The fraction of sp³-hybridized carbons (Fsp3) is 0.929. The summed E-state index contributed by atoms with van der Waals surface area (Å²) in [5.74, 6) is 0.246. The van der Waals surface area contributed by atoms with Crippen LogP contribution in [-0.4, -0.2) is 60.5 Å². The first-order valence-corrected chi connectivity index (χ1v) is 7.03. The Balaban J connectivity index is 3.10. The van der Waals surface area contributed by atoms with Crippen LogP contribution in [-0.2, 0) is 4.79 Å². The molecule has 4 heteroatoms. The largest absolute Gasteiger partial charge is 0.344 e. The number of rotatable bonds is 4. The third-order valence-electron chi connectivity index (χ3n) is 4.22. The molecule has 2 unspecified atom stereocenters. The van der Waals surface area contributed by atoms with Crippen molar-refractivity contribution in [3.05, 3.63) is 0 Å². The Morgan fingerprint density at radius 1 is 1.50 bits per heavy atom. The lowest BCUT2D eigenvalue weighted by atomic mass is 9.94. The van der Waals surface area contributed by atoms with Gasteiger partial charge in [-0.3, -0.25) is 9.69 Å². The van der Waals surface area contributed by atoms with Gasteiger partial charge in [0.1, 0.15) is 6.04 Å². The Morgan fingerprint density at radius 3 is 2.61 bits per heavy atom. The van der Waals surface area contributed by atoms with Crippen LogP contribution in [0.4, 0.5) is 0 Å². The van der Waals surface area contributed by atoms with E-state index in [1.807, 2.05) is 19.0 Å². The van der Waals surface area contributed by atoms with Crippen molar-refractivity contribution >= 4 is 5.91 Å². The minimum Gasteiger partial charge on any atom is -0.344 e. The van der Waals surface area contributed by atoms with E-state index in [9.17, 15) is 4.79 Å². The van der Waals surface area contributed by atoms with E-state index in [-0.39, 0.29) is 17.5 Å². The Labute approximate surface area is 112 Å². The molecule has 1 fully saturated rings. The summed E-state index contributed by atoms with van der Waals surface area (Å²) in [5, 5.41) is 3.17. The first kappa shape index (κ1) is 15.4. The van der Waals surface area contributed by atoms with Gasteiger partial charge in [-0.25, -0.2) is 0 Å². The highest BCUT2D eigenvalue weighted by molar-refractivity contribution is 5.82. The predicted octanol–water partition coefficient (Wildman–Crippen LogP) is 1.32. The second-order valence-corrected chi connectivity index (χ2v) is 6.06. The quantitative estimate of drug-likeness (QED) is 0.823. The van der Waals surface area contributed by atoms with E-state index in [1.54, 1.807) is 0 Å². The minimum absolute atomic E-state index is 0.0487. The normalized spacial score (nSPS) is 27.1. The number of nitrogens with zero attached hydrogens (tertiary/aromatic N) is 2. The summed E-state index contributed by atoms with van der Waals surface area (Å²) in [5.41, 5.74) is 0.0668. The zero-order valence-corrected chi connectivity index (χ0v) is 12.8. The van der Waals surface area contributed by atoms with Gasteiger partial charge in [0.25, 0.3) is 0 Å². The van der Waals surface area contributed by atoms with Gasteiger partial charge in [0.15, 0.2) is 0 Å². The summed E-state index contributed by atoms with van der Waals surface area (Å²) in [6.07, 6.45) is 2.10. The number of nitrogens with one attached hydrogen (secondary N) is 1. The van der Waals surface area contributed by atoms with Crippen molar-refractivity contribution < 1.29 is 4.79 Å². The molecule has 4 nitrogen and oxygen atoms in total. The van der Waals surface area contributed by atoms with Crippen LogP contribution in [0, 0.1) is 0 Å². The van der Waals surface area contributed by atoms with Crippen LogP contribution in [0.2, 0.25) is 0 Å². The van der Waals surface area contributed by atoms with E-state index < -0.39 is 0 Å². The molecule has 18 heavy (non-hydrogen) atoms. The fourth-order valence-electron chi connectivity index (χ4n) is 2.96. The molecule has 0 aromatic carbocycles. The van der Waals surface area contributed by atoms with Crippen molar-refractivity contribution in [3.63, 3.8) is 0 Å². The van der Waals surface area contributed by atoms with Gasteiger partial charge in [0.05, 0.1) is 0 Å². The standard InChI is InChI=1S/C14H29N3O/c1-7-11(2)17-12(10-15-5)13(18)16(6)9-8-14(17,3)4/h11-12,15H,7-10H2,1-6H3. The van der Waals surface area contributed by atoms with E-state index in [0.717, 1.165) is 25.9 Å². The monoisotopic (exact) mass is 255 g/mol. The molecule has 0 saturated carbocycles. The number of hydrogen-bond acceptors (Lipinski definition) is 3. The van der Waals surface area contributed by atoms with Crippen molar-refractivity contribution in [1.29, 1.82) is 0 Å². The molecule has 1 N–H and O–H groups in total. The van der Waals surface area contributed by atoms with Gasteiger partial charge in [-0.05, 0) is 40.7 Å². The minimum atomic E-state index is -0.0487. The summed E-state index contributed by atoms with van der Waals surface area (Å²) in [6.45, 7) is 10.5. The summed E-state index contributed by atoms with van der Waals surface area (Å²) >= 11 is 0. The highest BCUT2D eigenvalue weighted by Crippen LogP contribution is 2.29. The molecule has 1 amide bonds. The van der Waals surface area contributed by atoms with Gasteiger partial charge in [0, 0.05) is 31.7 Å². The second-order valence-electron chi connectivity index (χ2n) is 6.06. The highest BCUT2D eigenvalue weighted by atomic mass is 16.2. The molecular weight excluding hydrogens is 226 g/mol. The third-order valence-corrected chi connectivity index (χ3v) is 4.22. The molecule has 1 saturated heterocycles. The molecule has 0 aliphatic carbocycles. The van der Waals surface area contributed by atoms with Gasteiger partial charge in [-0.2, -0.15) is 0 Å². The molecule has 1 aliphatic rings. The van der Waals surface area contributed by atoms with Crippen molar-refractivity contribution in [2.24, 2.45) is 0 Å². The molecule has 1 aliphatic heterocycles. The molecule has 0 radical (unpaired) electrons. The van der Waals surface area contributed by atoms with Gasteiger partial charge in [-0.1, -0.05) is 6.92 Å². The summed E-state index contributed by atoms with van der Waals surface area (Å²) < 4.78 is 0. The Bertz CT molecular complexity index is 291. The average molecular weight is 255 g/mol. The molecule has 1 heterocycles. The molecule has 0 aromatic rings. The van der Waals surface area contributed by atoms with E-state index in [0.29, 0.717) is 6.04 Å².